The van der Waals surface area contributed by atoms with Crippen molar-refractivity contribution in [3.8, 4) is 5.75 Å². The van der Waals surface area contributed by atoms with Crippen molar-refractivity contribution in [3.05, 3.63) is 33.3 Å². The van der Waals surface area contributed by atoms with E-state index in [4.69, 9.17) is 17.0 Å². The van der Waals surface area contributed by atoms with Crippen LogP contribution >= 0.6 is 12.2 Å². The fourth-order valence-corrected chi connectivity index (χ4v) is 5.96. The minimum Gasteiger partial charge on any atom is -0.497 e. The molecule has 1 aliphatic carbocycles. The Morgan fingerprint density at radius 1 is 1.06 bits per heavy atom. The molecule has 5 rings (SSSR count). The lowest BCUT2D eigenvalue weighted by atomic mass is 9.94. The van der Waals surface area contributed by atoms with Gasteiger partial charge in [-0.25, -0.2) is 0 Å². The van der Waals surface area contributed by atoms with Crippen molar-refractivity contribution >= 4 is 40.1 Å². The quantitative estimate of drug-likeness (QED) is 0.378. The van der Waals surface area contributed by atoms with Crippen LogP contribution in [0.2, 0.25) is 0 Å². The fourth-order valence-electron chi connectivity index (χ4n) is 5.68. The third-order valence-electron chi connectivity index (χ3n) is 7.72. The summed E-state index contributed by atoms with van der Waals surface area (Å²) in [6, 6.07) is 6.37. The number of ether oxygens (including phenoxy) is 1. The zero-order valence-corrected chi connectivity index (χ0v) is 21.3. The Morgan fingerprint density at radius 2 is 1.83 bits per heavy atom. The normalized spacial score (nSPS) is 17.9. The van der Waals surface area contributed by atoms with Gasteiger partial charge in [-0.15, -0.1) is 0 Å². The third kappa shape index (κ3) is 5.02. The highest BCUT2D eigenvalue weighted by atomic mass is 32.1. The molecule has 9 heteroatoms. The lowest BCUT2D eigenvalue weighted by Gasteiger charge is -2.40. The monoisotopic (exact) mass is 497 g/mol. The lowest BCUT2D eigenvalue weighted by molar-refractivity contribution is -0.133. The van der Waals surface area contributed by atoms with E-state index in [9.17, 15) is 9.59 Å². The number of piperazine rings is 1. The molecule has 2 N–H and O–H groups in total. The van der Waals surface area contributed by atoms with Crippen molar-refractivity contribution in [1.82, 2.24) is 24.3 Å². The highest BCUT2D eigenvalue weighted by Crippen LogP contribution is 2.26. The van der Waals surface area contributed by atoms with Crippen LogP contribution in [-0.4, -0.2) is 69.6 Å². The summed E-state index contributed by atoms with van der Waals surface area (Å²) in [7, 11) is 1.62. The highest BCUT2D eigenvalue weighted by Gasteiger charge is 2.26. The summed E-state index contributed by atoms with van der Waals surface area (Å²) < 4.78 is 7.31. The number of aromatic amines is 2. The molecule has 0 atom stereocenters. The van der Waals surface area contributed by atoms with Gasteiger partial charge in [-0.1, -0.05) is 19.3 Å². The van der Waals surface area contributed by atoms with Crippen molar-refractivity contribution in [2.75, 3.05) is 33.3 Å². The average molecular weight is 498 g/mol. The molecular formula is C26H35N5O3S. The highest BCUT2D eigenvalue weighted by molar-refractivity contribution is 7.71. The second-order valence-electron chi connectivity index (χ2n) is 9.84. The number of hydrogen-bond acceptors (Lipinski definition) is 5. The summed E-state index contributed by atoms with van der Waals surface area (Å²) in [5, 5.41) is 0.879. The second-order valence-corrected chi connectivity index (χ2v) is 10.2. The molecule has 3 aromatic rings. The average Bonchev–Trinajstić information content (AvgIpc) is 3.26. The Kier molecular flexibility index (Phi) is 7.24. The van der Waals surface area contributed by atoms with E-state index in [0.717, 1.165) is 61.7 Å². The van der Waals surface area contributed by atoms with Crippen molar-refractivity contribution in [1.29, 1.82) is 0 Å². The van der Waals surface area contributed by atoms with Crippen LogP contribution in [0.5, 0.6) is 5.75 Å². The van der Waals surface area contributed by atoms with Crippen LogP contribution in [0, 0.1) is 4.77 Å². The molecule has 1 saturated heterocycles. The number of H-pyrrole nitrogens is 2. The maximum absolute atomic E-state index is 13.1. The zero-order chi connectivity index (χ0) is 24.4. The van der Waals surface area contributed by atoms with Crippen molar-refractivity contribution in [2.24, 2.45) is 0 Å². The van der Waals surface area contributed by atoms with Crippen molar-refractivity contribution in [2.45, 2.75) is 64.0 Å². The molecule has 0 unspecified atom stereocenters. The van der Waals surface area contributed by atoms with Gasteiger partial charge in [0.15, 0.2) is 4.77 Å². The topological polar surface area (TPSA) is 86.4 Å². The molecule has 3 heterocycles. The van der Waals surface area contributed by atoms with Crippen LogP contribution in [0.3, 0.4) is 0 Å². The molecule has 0 bridgehead atoms. The van der Waals surface area contributed by atoms with Gasteiger partial charge in [0, 0.05) is 56.1 Å². The molecule has 188 valence electrons. The summed E-state index contributed by atoms with van der Waals surface area (Å²) in [5.74, 6) is 0.952. The van der Waals surface area contributed by atoms with Gasteiger partial charge in [-0.2, -0.15) is 0 Å². The number of benzene rings is 1. The molecule has 1 aromatic carbocycles. The first-order valence-corrected chi connectivity index (χ1v) is 13.3. The minimum absolute atomic E-state index is 0.135. The van der Waals surface area contributed by atoms with Gasteiger partial charge in [0.25, 0.3) is 5.56 Å². The molecule has 1 amide bonds. The second kappa shape index (κ2) is 10.5. The van der Waals surface area contributed by atoms with E-state index < -0.39 is 0 Å². The maximum atomic E-state index is 13.1. The van der Waals surface area contributed by atoms with E-state index in [2.05, 4.69) is 14.9 Å². The number of hydrogen-bond donors (Lipinski definition) is 2. The van der Waals surface area contributed by atoms with Gasteiger partial charge in [0.05, 0.1) is 12.6 Å². The first-order valence-electron chi connectivity index (χ1n) is 12.9. The number of methoxy groups -OCH3 is 1. The van der Waals surface area contributed by atoms with Gasteiger partial charge >= 0.3 is 0 Å². The van der Waals surface area contributed by atoms with Crippen LogP contribution in [0.15, 0.2) is 23.0 Å². The van der Waals surface area contributed by atoms with Crippen LogP contribution < -0.4 is 10.3 Å². The number of unbranched alkanes of at least 4 members (excludes halogenated alkanes) is 1. The van der Waals surface area contributed by atoms with E-state index in [-0.39, 0.29) is 11.5 Å². The Balaban J connectivity index is 1.16. The summed E-state index contributed by atoms with van der Waals surface area (Å²) in [4.78, 5) is 36.9. The van der Waals surface area contributed by atoms with E-state index in [1.54, 1.807) is 11.7 Å². The third-order valence-corrected chi connectivity index (χ3v) is 8.04. The number of carbonyl (C=O) groups is 1. The van der Waals surface area contributed by atoms with Gasteiger partial charge in [0.1, 0.15) is 11.3 Å². The summed E-state index contributed by atoms with van der Waals surface area (Å²) in [5.41, 5.74) is 1.93. The standard InChI is InChI=1S/C26H35N5O3S/c1-34-19-10-11-21-20(17-19)23-24(27-21)25(33)31(26(35)28-23)12-6-5-9-22(32)30-15-13-29(14-16-30)18-7-3-2-4-8-18/h10-11,17-18,27H,2-9,12-16H2,1H3,(H,28,35). The van der Waals surface area contributed by atoms with Crippen LogP contribution in [0.4, 0.5) is 0 Å². The minimum atomic E-state index is -0.135. The van der Waals surface area contributed by atoms with Crippen molar-refractivity contribution < 1.29 is 9.53 Å². The first kappa shape index (κ1) is 24.1. The zero-order valence-electron chi connectivity index (χ0n) is 20.5. The molecule has 2 aromatic heterocycles. The molecule has 8 nitrogen and oxygen atoms in total. The molecule has 0 spiro atoms. The summed E-state index contributed by atoms with van der Waals surface area (Å²) in [6.07, 6.45) is 8.68. The number of amides is 1. The van der Waals surface area contributed by atoms with Gasteiger partial charge in [0.2, 0.25) is 5.91 Å². The van der Waals surface area contributed by atoms with E-state index in [1.165, 1.54) is 32.1 Å². The van der Waals surface area contributed by atoms with Gasteiger partial charge in [-0.3, -0.25) is 19.1 Å². The Hall–Kier alpha value is -2.65. The fraction of sp³-hybridized carbons (Fsp3) is 0.577. The van der Waals surface area contributed by atoms with Gasteiger partial charge < -0.3 is 19.6 Å². The number of nitrogens with one attached hydrogen (secondary N) is 2. The number of rotatable bonds is 7. The molecule has 2 fully saturated rings. The Labute approximate surface area is 210 Å². The van der Waals surface area contributed by atoms with E-state index >= 15 is 0 Å². The van der Waals surface area contributed by atoms with Crippen molar-refractivity contribution in [3.63, 3.8) is 0 Å². The Bertz CT molecular complexity index is 1310. The number of nitrogens with zero attached hydrogens (tertiary/aromatic N) is 3. The van der Waals surface area contributed by atoms with E-state index in [0.29, 0.717) is 28.8 Å². The smallest absolute Gasteiger partial charge is 0.278 e. The summed E-state index contributed by atoms with van der Waals surface area (Å²) in [6.45, 7) is 4.16. The molecule has 0 radical (unpaired) electrons. The van der Waals surface area contributed by atoms with Crippen LogP contribution in [0.25, 0.3) is 21.9 Å². The molecule has 2 aliphatic rings. The van der Waals surface area contributed by atoms with Crippen LogP contribution in [-0.2, 0) is 11.3 Å². The summed E-state index contributed by atoms with van der Waals surface area (Å²) >= 11 is 5.51. The number of carbonyl (C=O) groups excluding carboxylic acids is 1. The van der Waals surface area contributed by atoms with E-state index in [1.807, 2.05) is 23.1 Å². The van der Waals surface area contributed by atoms with Gasteiger partial charge in [-0.05, 0) is 56.1 Å². The predicted octanol–water partition coefficient (Wildman–Crippen LogP) is 4.20. The molecule has 1 aliphatic heterocycles. The van der Waals surface area contributed by atoms with Crippen LogP contribution in [0.1, 0.15) is 51.4 Å². The molecule has 1 saturated carbocycles. The largest absolute Gasteiger partial charge is 0.497 e. The SMILES string of the molecule is COc1ccc2[nH]c3c(=O)n(CCCCC(=O)N4CCN(C5CCCCC5)CC4)c(=S)[nH]c3c2c1. The maximum Gasteiger partial charge on any atom is 0.278 e. The molecule has 35 heavy (non-hydrogen) atoms. The lowest BCUT2D eigenvalue weighted by Crippen LogP contribution is -2.52. The Morgan fingerprint density at radius 3 is 2.57 bits per heavy atom. The number of fused-ring (bicyclic) bond motifs is 3. The number of aromatic nitrogens is 3. The first-order chi connectivity index (χ1) is 17.0. The molecular weight excluding hydrogens is 462 g/mol. The predicted molar refractivity (Wildman–Crippen MR) is 141 cm³/mol.